The molecule has 7 nitrogen and oxygen atoms in total. The number of rotatable bonds is 4. The van der Waals surface area contributed by atoms with Crippen LogP contribution in [0.3, 0.4) is 0 Å². The topological polar surface area (TPSA) is 88.1 Å². The van der Waals surface area contributed by atoms with E-state index in [1.807, 2.05) is 0 Å². The molecular weight excluding hydrogens is 338 g/mol. The second-order valence-electron chi connectivity index (χ2n) is 5.20. The van der Waals surface area contributed by atoms with Crippen LogP contribution in [0.5, 0.6) is 5.75 Å². The maximum atomic E-state index is 12.7. The Labute approximate surface area is 141 Å². The van der Waals surface area contributed by atoms with Crippen LogP contribution in [0.4, 0.5) is 5.69 Å². The maximum absolute atomic E-state index is 12.7. The summed E-state index contributed by atoms with van der Waals surface area (Å²) in [5.74, 6) is 0.205. The minimum absolute atomic E-state index is 0.129. The minimum Gasteiger partial charge on any atom is -0.494 e. The third kappa shape index (κ3) is 3.35. The molecule has 0 bridgehead atoms. The molecule has 1 aliphatic carbocycles. The number of nitrogens with zero attached hydrogens (tertiary/aromatic N) is 2. The molecule has 9 heteroatoms. The lowest BCUT2D eigenvalue weighted by Gasteiger charge is -2.24. The van der Waals surface area contributed by atoms with Crippen LogP contribution in [0.2, 0.25) is 0 Å². The fraction of sp³-hybridized carbons (Fsp3) is 0.429. The summed E-state index contributed by atoms with van der Waals surface area (Å²) in [6, 6.07) is 4.95. The van der Waals surface area contributed by atoms with Crippen molar-refractivity contribution in [1.82, 2.24) is 10.2 Å². The number of likely N-dealkylation sites (N-methyl/N-ethyl adjacent to an activating group) is 1. The Morgan fingerprint density at radius 2 is 2.09 bits per heavy atom. The van der Waals surface area contributed by atoms with E-state index in [1.54, 1.807) is 32.3 Å². The highest BCUT2D eigenvalue weighted by Crippen LogP contribution is 2.51. The monoisotopic (exact) mass is 355 g/mol. The van der Waals surface area contributed by atoms with Crippen molar-refractivity contribution in [1.29, 1.82) is 0 Å². The van der Waals surface area contributed by atoms with Gasteiger partial charge in [0.1, 0.15) is 11.4 Å². The van der Waals surface area contributed by atoms with Gasteiger partial charge in [-0.1, -0.05) is 6.07 Å². The van der Waals surface area contributed by atoms with E-state index in [2.05, 4.69) is 9.68 Å². The number of thiocarbonyl (C=S) groups is 1. The second-order valence-corrected chi connectivity index (χ2v) is 6.20. The molecule has 2 rings (SSSR count). The van der Waals surface area contributed by atoms with Gasteiger partial charge >= 0.3 is 10.5 Å². The standard InChI is InChI=1S/C14H17N3O4S2/c1-15-13(22)17(2)12(18)14(6-7-14)9-4-5-11(21-3)10(8-9)16-23(19)20/h4-5,8H,6-7H2,1-3H3,(H,15,22). The molecule has 0 heterocycles. The molecule has 1 amide bonds. The fourth-order valence-corrected chi connectivity index (χ4v) is 2.86. The first-order valence-corrected chi connectivity index (χ1v) is 8.29. The first-order chi connectivity index (χ1) is 10.9. The largest absolute Gasteiger partial charge is 0.494 e. The van der Waals surface area contributed by atoms with Crippen molar-refractivity contribution < 1.29 is 17.9 Å². The molecule has 0 unspecified atom stereocenters. The number of carbonyl (C=O) groups excluding carboxylic acids is 1. The highest BCUT2D eigenvalue weighted by molar-refractivity contribution is 7.80. The molecule has 0 aliphatic heterocycles. The Hall–Kier alpha value is -2.00. The molecule has 23 heavy (non-hydrogen) atoms. The molecule has 0 atom stereocenters. The Kier molecular flexibility index (Phi) is 5.00. The zero-order valence-corrected chi connectivity index (χ0v) is 14.6. The molecule has 0 saturated heterocycles. The highest BCUT2D eigenvalue weighted by Gasteiger charge is 2.53. The lowest BCUT2D eigenvalue weighted by atomic mass is 9.94. The van der Waals surface area contributed by atoms with Gasteiger partial charge in [0, 0.05) is 14.1 Å². The second kappa shape index (κ2) is 6.63. The summed E-state index contributed by atoms with van der Waals surface area (Å²) in [4.78, 5) is 14.1. The van der Waals surface area contributed by atoms with Gasteiger partial charge in [-0.2, -0.15) is 8.42 Å². The van der Waals surface area contributed by atoms with Crippen molar-refractivity contribution in [2.24, 2.45) is 4.36 Å². The predicted octanol–water partition coefficient (Wildman–Crippen LogP) is 1.38. The van der Waals surface area contributed by atoms with Gasteiger partial charge in [0.2, 0.25) is 5.91 Å². The van der Waals surface area contributed by atoms with Gasteiger partial charge in [0.05, 0.1) is 12.5 Å². The van der Waals surface area contributed by atoms with Crippen molar-refractivity contribution in [3.63, 3.8) is 0 Å². The van der Waals surface area contributed by atoms with Crippen molar-refractivity contribution in [3.05, 3.63) is 23.8 Å². The zero-order chi connectivity index (χ0) is 17.2. The molecule has 0 radical (unpaired) electrons. The number of benzene rings is 1. The smallest absolute Gasteiger partial charge is 0.316 e. The molecule has 1 fully saturated rings. The van der Waals surface area contributed by atoms with E-state index in [0.717, 1.165) is 0 Å². The third-order valence-corrected chi connectivity index (χ3v) is 4.71. The summed E-state index contributed by atoms with van der Waals surface area (Å²) in [5, 5.41) is 3.10. The lowest BCUT2D eigenvalue weighted by molar-refractivity contribution is -0.129. The Morgan fingerprint density at radius 1 is 1.43 bits per heavy atom. The number of hydrogen-bond acceptors (Lipinski definition) is 6. The van der Waals surface area contributed by atoms with Crippen LogP contribution in [0.25, 0.3) is 0 Å². The van der Waals surface area contributed by atoms with Crippen molar-refractivity contribution in [2.75, 3.05) is 21.2 Å². The summed E-state index contributed by atoms with van der Waals surface area (Å²) in [6.07, 6.45) is 1.35. The fourth-order valence-electron chi connectivity index (χ4n) is 2.47. The minimum atomic E-state index is -2.60. The summed E-state index contributed by atoms with van der Waals surface area (Å²) >= 11 is 5.10. The predicted molar refractivity (Wildman–Crippen MR) is 89.3 cm³/mol. The van der Waals surface area contributed by atoms with Crippen molar-refractivity contribution >= 4 is 39.4 Å². The molecule has 1 N–H and O–H groups in total. The number of nitrogens with one attached hydrogen (secondary N) is 1. The molecule has 1 aromatic rings. The molecule has 0 spiro atoms. The highest BCUT2D eigenvalue weighted by atomic mass is 32.2. The number of ether oxygens (including phenoxy) is 1. The van der Waals surface area contributed by atoms with Crippen LogP contribution in [-0.4, -0.2) is 45.5 Å². The number of amides is 1. The molecule has 1 aliphatic rings. The van der Waals surface area contributed by atoms with Gasteiger partial charge in [0.25, 0.3) is 0 Å². The van der Waals surface area contributed by atoms with E-state index in [4.69, 9.17) is 17.0 Å². The van der Waals surface area contributed by atoms with Gasteiger partial charge < -0.3 is 10.1 Å². The van der Waals surface area contributed by atoms with E-state index >= 15 is 0 Å². The third-order valence-electron chi connectivity index (χ3n) is 3.89. The Balaban J connectivity index is 2.43. The molecule has 124 valence electrons. The molecule has 0 aromatic heterocycles. The molecule has 1 aromatic carbocycles. The van der Waals surface area contributed by atoms with E-state index in [0.29, 0.717) is 29.3 Å². The number of methoxy groups -OCH3 is 1. The average Bonchev–Trinajstić information content (AvgIpc) is 3.33. The summed E-state index contributed by atoms with van der Waals surface area (Å²) in [5.41, 5.74) is 0.200. The van der Waals surface area contributed by atoms with E-state index in [1.165, 1.54) is 12.0 Å². The Bertz CT molecular complexity index is 777. The summed E-state index contributed by atoms with van der Waals surface area (Å²) in [6.45, 7) is 0. The quantitative estimate of drug-likeness (QED) is 0.821. The van der Waals surface area contributed by atoms with Gasteiger partial charge in [-0.25, -0.2) is 0 Å². The summed E-state index contributed by atoms with van der Waals surface area (Å²) in [7, 11) is 2.09. The molecular formula is C14H17N3O4S2. The van der Waals surface area contributed by atoms with E-state index in [9.17, 15) is 13.2 Å². The van der Waals surface area contributed by atoms with Crippen LogP contribution in [0, 0.1) is 0 Å². The van der Waals surface area contributed by atoms with Crippen LogP contribution in [-0.2, 0) is 20.7 Å². The van der Waals surface area contributed by atoms with Gasteiger partial charge in [0.15, 0.2) is 5.11 Å². The van der Waals surface area contributed by atoms with Crippen LogP contribution in [0.1, 0.15) is 18.4 Å². The number of carbonyl (C=O) groups is 1. The van der Waals surface area contributed by atoms with Gasteiger partial charge in [-0.3, -0.25) is 9.69 Å². The first kappa shape index (κ1) is 17.4. The van der Waals surface area contributed by atoms with Crippen LogP contribution in [0.15, 0.2) is 22.6 Å². The van der Waals surface area contributed by atoms with Crippen LogP contribution < -0.4 is 10.1 Å². The van der Waals surface area contributed by atoms with Gasteiger partial charge in [-0.05, 0) is 42.8 Å². The maximum Gasteiger partial charge on any atom is 0.316 e. The van der Waals surface area contributed by atoms with Crippen molar-refractivity contribution in [3.8, 4) is 5.75 Å². The molecule has 1 saturated carbocycles. The zero-order valence-electron chi connectivity index (χ0n) is 13.0. The first-order valence-electron chi connectivity index (χ1n) is 6.85. The lowest BCUT2D eigenvalue weighted by Crippen LogP contribution is -2.44. The summed E-state index contributed by atoms with van der Waals surface area (Å²) < 4.78 is 30.3. The average molecular weight is 355 g/mol. The Morgan fingerprint density at radius 3 is 2.57 bits per heavy atom. The van der Waals surface area contributed by atoms with Crippen molar-refractivity contribution in [2.45, 2.75) is 18.3 Å². The van der Waals surface area contributed by atoms with Gasteiger partial charge in [-0.15, -0.1) is 4.36 Å². The van der Waals surface area contributed by atoms with E-state index in [-0.39, 0.29) is 11.6 Å². The SMILES string of the molecule is CNC(=S)N(C)C(=O)C1(c2ccc(OC)c(N=S(=O)=O)c2)CC1. The van der Waals surface area contributed by atoms with Crippen LogP contribution >= 0.6 is 12.2 Å². The normalized spacial score (nSPS) is 14.6. The number of hydrogen-bond donors (Lipinski definition) is 1. The van der Waals surface area contributed by atoms with E-state index < -0.39 is 15.9 Å².